The fourth-order valence-electron chi connectivity index (χ4n) is 2.48. The predicted octanol–water partition coefficient (Wildman–Crippen LogP) is 3.32. The molecule has 1 aromatic heterocycles. The van der Waals surface area contributed by atoms with Gasteiger partial charge in [0.25, 0.3) is 0 Å². The molecule has 3 nitrogen and oxygen atoms in total. The monoisotopic (exact) mass is 257 g/mol. The van der Waals surface area contributed by atoms with Gasteiger partial charge in [-0.15, -0.1) is 0 Å². The van der Waals surface area contributed by atoms with E-state index in [1.807, 2.05) is 6.20 Å². The van der Waals surface area contributed by atoms with E-state index in [1.54, 1.807) is 0 Å². The SMILES string of the molecule is CCCN(c1ncc(CN)c2ccccc12)C(C)C. The first kappa shape index (κ1) is 13.8. The Morgan fingerprint density at radius 1 is 1.21 bits per heavy atom. The van der Waals surface area contributed by atoms with Crippen LogP contribution in [0.3, 0.4) is 0 Å². The summed E-state index contributed by atoms with van der Waals surface area (Å²) >= 11 is 0. The summed E-state index contributed by atoms with van der Waals surface area (Å²) < 4.78 is 0. The van der Waals surface area contributed by atoms with Crippen molar-refractivity contribution in [3.05, 3.63) is 36.0 Å². The van der Waals surface area contributed by atoms with E-state index in [-0.39, 0.29) is 0 Å². The molecule has 1 heterocycles. The van der Waals surface area contributed by atoms with Crippen molar-refractivity contribution in [1.82, 2.24) is 4.98 Å². The van der Waals surface area contributed by atoms with E-state index in [4.69, 9.17) is 5.73 Å². The third kappa shape index (κ3) is 2.71. The second-order valence-electron chi connectivity index (χ2n) is 5.14. The molecule has 0 bridgehead atoms. The summed E-state index contributed by atoms with van der Waals surface area (Å²) in [4.78, 5) is 7.03. The molecule has 0 spiro atoms. The first-order valence-corrected chi connectivity index (χ1v) is 7.02. The van der Waals surface area contributed by atoms with Crippen LogP contribution in [0.25, 0.3) is 10.8 Å². The molecule has 0 saturated carbocycles. The van der Waals surface area contributed by atoms with Gasteiger partial charge in [0.15, 0.2) is 0 Å². The summed E-state index contributed by atoms with van der Waals surface area (Å²) in [5.41, 5.74) is 6.92. The molecule has 0 fully saturated rings. The zero-order valence-corrected chi connectivity index (χ0v) is 12.1. The number of pyridine rings is 1. The van der Waals surface area contributed by atoms with Crippen LogP contribution >= 0.6 is 0 Å². The van der Waals surface area contributed by atoms with Crippen LogP contribution in [0.5, 0.6) is 0 Å². The highest BCUT2D eigenvalue weighted by Crippen LogP contribution is 2.28. The van der Waals surface area contributed by atoms with Crippen LogP contribution < -0.4 is 10.6 Å². The molecule has 2 aromatic rings. The molecule has 0 atom stereocenters. The van der Waals surface area contributed by atoms with Crippen molar-refractivity contribution in [3.8, 4) is 0 Å². The Labute approximate surface area is 115 Å². The topological polar surface area (TPSA) is 42.2 Å². The van der Waals surface area contributed by atoms with Crippen LogP contribution in [0.1, 0.15) is 32.8 Å². The van der Waals surface area contributed by atoms with Gasteiger partial charge in [0.1, 0.15) is 5.82 Å². The summed E-state index contributed by atoms with van der Waals surface area (Å²) in [5.74, 6) is 1.07. The van der Waals surface area contributed by atoms with Crippen LogP contribution in [0.2, 0.25) is 0 Å². The lowest BCUT2D eigenvalue weighted by atomic mass is 10.1. The molecule has 0 amide bonds. The van der Waals surface area contributed by atoms with Gasteiger partial charge in [-0.05, 0) is 31.2 Å². The number of aromatic nitrogens is 1. The number of fused-ring (bicyclic) bond motifs is 1. The minimum Gasteiger partial charge on any atom is -0.354 e. The van der Waals surface area contributed by atoms with Crippen molar-refractivity contribution in [2.45, 2.75) is 39.8 Å². The van der Waals surface area contributed by atoms with E-state index in [2.05, 4.69) is 54.9 Å². The fraction of sp³-hybridized carbons (Fsp3) is 0.438. The smallest absolute Gasteiger partial charge is 0.136 e. The molecule has 102 valence electrons. The van der Waals surface area contributed by atoms with Gasteiger partial charge >= 0.3 is 0 Å². The van der Waals surface area contributed by atoms with E-state index < -0.39 is 0 Å². The summed E-state index contributed by atoms with van der Waals surface area (Å²) in [7, 11) is 0. The van der Waals surface area contributed by atoms with Crippen LogP contribution in [-0.2, 0) is 6.54 Å². The zero-order valence-electron chi connectivity index (χ0n) is 12.1. The Hall–Kier alpha value is -1.61. The average molecular weight is 257 g/mol. The van der Waals surface area contributed by atoms with Gasteiger partial charge in [0.05, 0.1) is 0 Å². The Morgan fingerprint density at radius 2 is 1.89 bits per heavy atom. The molecule has 1 aromatic carbocycles. The normalized spacial score (nSPS) is 11.2. The molecule has 0 saturated heterocycles. The predicted molar refractivity (Wildman–Crippen MR) is 82.4 cm³/mol. The highest BCUT2D eigenvalue weighted by atomic mass is 15.2. The second kappa shape index (κ2) is 6.02. The number of nitrogens with two attached hydrogens (primary N) is 1. The lowest BCUT2D eigenvalue weighted by molar-refractivity contribution is 0.664. The molecule has 0 aliphatic carbocycles. The van der Waals surface area contributed by atoms with Crippen molar-refractivity contribution < 1.29 is 0 Å². The van der Waals surface area contributed by atoms with Crippen molar-refractivity contribution in [2.75, 3.05) is 11.4 Å². The van der Waals surface area contributed by atoms with E-state index in [0.717, 1.165) is 24.3 Å². The standard InChI is InChI=1S/C16H23N3/c1-4-9-19(12(2)3)16-15-8-6-5-7-14(15)13(10-17)11-18-16/h5-8,11-12H,4,9-10,17H2,1-3H3. The van der Waals surface area contributed by atoms with Gasteiger partial charge in [0, 0.05) is 30.7 Å². The lowest BCUT2D eigenvalue weighted by Crippen LogP contribution is -2.32. The van der Waals surface area contributed by atoms with Crippen LogP contribution in [0.15, 0.2) is 30.5 Å². The van der Waals surface area contributed by atoms with E-state index in [1.165, 1.54) is 10.8 Å². The Bertz CT molecular complexity index is 549. The van der Waals surface area contributed by atoms with Crippen molar-refractivity contribution >= 4 is 16.6 Å². The second-order valence-corrected chi connectivity index (χ2v) is 5.14. The Balaban J connectivity index is 2.60. The Morgan fingerprint density at radius 3 is 2.47 bits per heavy atom. The molecule has 0 aliphatic rings. The van der Waals surface area contributed by atoms with E-state index in [9.17, 15) is 0 Å². The summed E-state index contributed by atoms with van der Waals surface area (Å²) in [6.07, 6.45) is 3.04. The number of nitrogens with zero attached hydrogens (tertiary/aromatic N) is 2. The van der Waals surface area contributed by atoms with Gasteiger partial charge in [0.2, 0.25) is 0 Å². The van der Waals surface area contributed by atoms with Gasteiger partial charge < -0.3 is 10.6 Å². The first-order chi connectivity index (χ1) is 9.19. The summed E-state index contributed by atoms with van der Waals surface area (Å²) in [5, 5.41) is 2.42. The van der Waals surface area contributed by atoms with Crippen molar-refractivity contribution in [2.24, 2.45) is 5.73 Å². The van der Waals surface area contributed by atoms with E-state index in [0.29, 0.717) is 12.6 Å². The number of hydrogen-bond acceptors (Lipinski definition) is 3. The highest BCUT2D eigenvalue weighted by molar-refractivity contribution is 5.94. The highest BCUT2D eigenvalue weighted by Gasteiger charge is 2.15. The summed E-state index contributed by atoms with van der Waals surface area (Å²) in [6.45, 7) is 8.18. The van der Waals surface area contributed by atoms with Crippen LogP contribution in [0.4, 0.5) is 5.82 Å². The minimum absolute atomic E-state index is 0.444. The van der Waals surface area contributed by atoms with Crippen LogP contribution in [0, 0.1) is 0 Å². The van der Waals surface area contributed by atoms with Crippen molar-refractivity contribution in [3.63, 3.8) is 0 Å². The molecule has 0 unspecified atom stereocenters. The maximum Gasteiger partial charge on any atom is 0.136 e. The molecular weight excluding hydrogens is 234 g/mol. The molecule has 0 radical (unpaired) electrons. The number of benzene rings is 1. The zero-order chi connectivity index (χ0) is 13.8. The summed E-state index contributed by atoms with van der Waals surface area (Å²) in [6, 6.07) is 8.84. The fourth-order valence-corrected chi connectivity index (χ4v) is 2.48. The number of anilines is 1. The van der Waals surface area contributed by atoms with Crippen LogP contribution in [-0.4, -0.2) is 17.6 Å². The lowest BCUT2D eigenvalue weighted by Gasteiger charge is -2.29. The molecular formula is C16H23N3. The number of rotatable bonds is 5. The third-order valence-corrected chi connectivity index (χ3v) is 3.44. The molecule has 3 heteroatoms. The Kier molecular flexibility index (Phi) is 4.38. The van der Waals surface area contributed by atoms with Gasteiger partial charge in [-0.25, -0.2) is 4.98 Å². The number of hydrogen-bond donors (Lipinski definition) is 1. The molecule has 19 heavy (non-hydrogen) atoms. The molecule has 0 aliphatic heterocycles. The molecule has 2 N–H and O–H groups in total. The largest absolute Gasteiger partial charge is 0.354 e. The van der Waals surface area contributed by atoms with Gasteiger partial charge in [-0.2, -0.15) is 0 Å². The first-order valence-electron chi connectivity index (χ1n) is 7.02. The maximum atomic E-state index is 5.81. The third-order valence-electron chi connectivity index (χ3n) is 3.44. The molecule has 2 rings (SSSR count). The van der Waals surface area contributed by atoms with Crippen molar-refractivity contribution in [1.29, 1.82) is 0 Å². The maximum absolute atomic E-state index is 5.81. The van der Waals surface area contributed by atoms with Gasteiger partial charge in [-0.1, -0.05) is 31.2 Å². The average Bonchev–Trinajstić information content (AvgIpc) is 2.43. The van der Waals surface area contributed by atoms with Gasteiger partial charge in [-0.3, -0.25) is 0 Å². The quantitative estimate of drug-likeness (QED) is 0.893. The van der Waals surface area contributed by atoms with E-state index >= 15 is 0 Å². The minimum atomic E-state index is 0.444.